The molecule has 2 aliphatic rings. The first kappa shape index (κ1) is 20.8. The standard InChI is InChI=1S/C26H24FN3O/c1-16-5-11-20-18(13-16)8-12-21-26(14-28,15-29)22(17-6-9-19(27)10-7-17)23(30(20)21)24(31)25(2,3)4/h5-13,21-23H,1-4H3/t21-,22-,23-/m0/s1. The van der Waals surface area contributed by atoms with Crippen LogP contribution in [0.25, 0.3) is 6.08 Å². The number of anilines is 1. The van der Waals surface area contributed by atoms with Crippen LogP contribution in [0.3, 0.4) is 0 Å². The van der Waals surface area contributed by atoms with E-state index in [-0.39, 0.29) is 5.78 Å². The second kappa shape index (κ2) is 7.06. The molecule has 0 aliphatic carbocycles. The van der Waals surface area contributed by atoms with Gasteiger partial charge in [0, 0.05) is 17.0 Å². The van der Waals surface area contributed by atoms with Gasteiger partial charge in [0.15, 0.2) is 11.2 Å². The zero-order valence-electron chi connectivity index (χ0n) is 18.1. The second-order valence-electron chi connectivity index (χ2n) is 9.45. The Morgan fingerprint density at radius 3 is 2.32 bits per heavy atom. The third-order valence-corrected chi connectivity index (χ3v) is 6.40. The molecule has 2 heterocycles. The molecule has 2 aliphatic heterocycles. The lowest BCUT2D eigenvalue weighted by Crippen LogP contribution is -2.47. The minimum Gasteiger partial charge on any atom is -0.351 e. The molecule has 31 heavy (non-hydrogen) atoms. The van der Waals surface area contributed by atoms with Crippen molar-refractivity contribution >= 4 is 17.5 Å². The molecule has 0 amide bonds. The van der Waals surface area contributed by atoms with E-state index in [4.69, 9.17) is 0 Å². The van der Waals surface area contributed by atoms with Crippen molar-refractivity contribution in [3.8, 4) is 12.1 Å². The molecule has 0 bridgehead atoms. The molecule has 2 aromatic carbocycles. The van der Waals surface area contributed by atoms with E-state index in [9.17, 15) is 19.7 Å². The summed E-state index contributed by atoms with van der Waals surface area (Å²) in [5.41, 5.74) is 1.29. The molecule has 1 saturated heterocycles. The first-order chi connectivity index (χ1) is 14.6. The van der Waals surface area contributed by atoms with Crippen LogP contribution in [0.1, 0.15) is 43.4 Å². The van der Waals surface area contributed by atoms with Gasteiger partial charge in [0.1, 0.15) is 5.82 Å². The first-order valence-electron chi connectivity index (χ1n) is 10.3. The van der Waals surface area contributed by atoms with Crippen LogP contribution >= 0.6 is 0 Å². The second-order valence-corrected chi connectivity index (χ2v) is 9.45. The highest BCUT2D eigenvalue weighted by Crippen LogP contribution is 2.56. The van der Waals surface area contributed by atoms with Crippen LogP contribution in [-0.2, 0) is 4.79 Å². The van der Waals surface area contributed by atoms with Gasteiger partial charge < -0.3 is 4.90 Å². The minimum absolute atomic E-state index is 0.0546. The van der Waals surface area contributed by atoms with E-state index in [1.165, 1.54) is 12.1 Å². The van der Waals surface area contributed by atoms with Gasteiger partial charge in [0.25, 0.3) is 0 Å². The lowest BCUT2D eigenvalue weighted by atomic mass is 9.68. The minimum atomic E-state index is -1.50. The Morgan fingerprint density at radius 2 is 1.74 bits per heavy atom. The zero-order valence-corrected chi connectivity index (χ0v) is 18.1. The number of aryl methyl sites for hydroxylation is 1. The number of ketones is 1. The van der Waals surface area contributed by atoms with Gasteiger partial charge >= 0.3 is 0 Å². The molecule has 0 radical (unpaired) electrons. The van der Waals surface area contributed by atoms with Crippen LogP contribution in [0, 0.1) is 46.2 Å². The fourth-order valence-corrected chi connectivity index (χ4v) is 4.90. The Labute approximate surface area is 182 Å². The van der Waals surface area contributed by atoms with Gasteiger partial charge in [-0.3, -0.25) is 4.79 Å². The van der Waals surface area contributed by atoms with E-state index >= 15 is 0 Å². The van der Waals surface area contributed by atoms with E-state index in [0.29, 0.717) is 5.56 Å². The fraction of sp³-hybridized carbons (Fsp3) is 0.346. The number of rotatable bonds is 2. The summed E-state index contributed by atoms with van der Waals surface area (Å²) in [4.78, 5) is 15.8. The van der Waals surface area contributed by atoms with E-state index in [0.717, 1.165) is 16.8 Å². The van der Waals surface area contributed by atoms with Crippen LogP contribution in [0.2, 0.25) is 0 Å². The Kier molecular flexibility index (Phi) is 4.74. The van der Waals surface area contributed by atoms with Crippen LogP contribution in [-0.4, -0.2) is 17.9 Å². The Morgan fingerprint density at radius 1 is 1.10 bits per heavy atom. The van der Waals surface area contributed by atoms with Crippen LogP contribution < -0.4 is 4.90 Å². The highest BCUT2D eigenvalue weighted by atomic mass is 19.1. The van der Waals surface area contributed by atoms with Crippen molar-refractivity contribution in [3.05, 3.63) is 71.0 Å². The highest BCUT2D eigenvalue weighted by molar-refractivity contribution is 5.96. The molecule has 4 rings (SSSR count). The third kappa shape index (κ3) is 3.04. The number of nitriles is 2. The maximum absolute atomic E-state index is 13.8. The normalized spacial score (nSPS) is 23.5. The van der Waals surface area contributed by atoms with Gasteiger partial charge in [0.05, 0.1) is 24.2 Å². The average Bonchev–Trinajstić information content (AvgIpc) is 3.03. The molecule has 2 aromatic rings. The summed E-state index contributed by atoms with van der Waals surface area (Å²) in [5, 5.41) is 20.6. The number of hydrogen-bond donors (Lipinski definition) is 0. The maximum atomic E-state index is 13.8. The Hall–Kier alpha value is -3.44. The lowest BCUT2D eigenvalue weighted by Gasteiger charge is -2.37. The summed E-state index contributed by atoms with van der Waals surface area (Å²) in [6.07, 6.45) is 3.79. The van der Waals surface area contributed by atoms with Gasteiger partial charge in [-0.2, -0.15) is 10.5 Å². The summed E-state index contributed by atoms with van der Waals surface area (Å²) < 4.78 is 13.7. The number of carbonyl (C=O) groups excluding carboxylic acids is 1. The third-order valence-electron chi connectivity index (χ3n) is 6.40. The predicted octanol–water partition coefficient (Wildman–Crippen LogP) is 5.15. The van der Waals surface area contributed by atoms with E-state index in [2.05, 4.69) is 12.1 Å². The highest BCUT2D eigenvalue weighted by Gasteiger charge is 2.64. The topological polar surface area (TPSA) is 67.9 Å². The molecule has 1 fully saturated rings. The monoisotopic (exact) mass is 413 g/mol. The Balaban J connectivity index is 2.03. The number of benzene rings is 2. The number of hydrogen-bond acceptors (Lipinski definition) is 4. The largest absolute Gasteiger partial charge is 0.351 e. The van der Waals surface area contributed by atoms with E-state index < -0.39 is 34.6 Å². The number of nitrogens with zero attached hydrogens (tertiary/aromatic N) is 3. The van der Waals surface area contributed by atoms with Crippen molar-refractivity contribution in [1.82, 2.24) is 0 Å². The summed E-state index contributed by atoms with van der Waals surface area (Å²) in [5.74, 6) is -1.18. The summed E-state index contributed by atoms with van der Waals surface area (Å²) in [7, 11) is 0. The summed E-state index contributed by atoms with van der Waals surface area (Å²) in [6, 6.07) is 15.0. The molecular weight excluding hydrogens is 389 g/mol. The Bertz CT molecular complexity index is 1150. The maximum Gasteiger partial charge on any atom is 0.176 e. The van der Waals surface area contributed by atoms with Gasteiger partial charge in [-0.1, -0.05) is 56.7 Å². The molecule has 0 aromatic heterocycles. The van der Waals surface area contributed by atoms with Gasteiger partial charge in [-0.15, -0.1) is 0 Å². The summed E-state index contributed by atoms with van der Waals surface area (Å²) in [6.45, 7) is 7.54. The van der Waals surface area contributed by atoms with Crippen LogP contribution in [0.15, 0.2) is 48.5 Å². The fourth-order valence-electron chi connectivity index (χ4n) is 4.90. The van der Waals surface area contributed by atoms with E-state index in [1.54, 1.807) is 12.1 Å². The number of carbonyl (C=O) groups is 1. The predicted molar refractivity (Wildman–Crippen MR) is 118 cm³/mol. The van der Waals surface area contributed by atoms with Crippen molar-refractivity contribution < 1.29 is 9.18 Å². The van der Waals surface area contributed by atoms with Gasteiger partial charge in [0.2, 0.25) is 0 Å². The molecule has 0 N–H and O–H groups in total. The molecule has 156 valence electrons. The van der Waals surface area contributed by atoms with Crippen molar-refractivity contribution in [1.29, 1.82) is 10.5 Å². The SMILES string of the molecule is Cc1ccc2c(c1)C=C[C@@H]1N2[C@H](C(=O)C(C)(C)C)[C@H](c2ccc(F)cc2)C1(C#N)C#N. The van der Waals surface area contributed by atoms with Gasteiger partial charge in [-0.25, -0.2) is 4.39 Å². The molecule has 0 spiro atoms. The number of Topliss-reactive ketones (excluding diaryl/α,β-unsaturated/α-hetero) is 1. The molecule has 5 heteroatoms. The lowest BCUT2D eigenvalue weighted by molar-refractivity contribution is -0.127. The first-order valence-corrected chi connectivity index (χ1v) is 10.3. The zero-order chi connectivity index (χ0) is 22.6. The molecule has 0 saturated carbocycles. The number of fused-ring (bicyclic) bond motifs is 3. The van der Waals surface area contributed by atoms with Crippen LogP contribution in [0.5, 0.6) is 0 Å². The van der Waals surface area contributed by atoms with Crippen molar-refractivity contribution in [2.75, 3.05) is 4.90 Å². The molecule has 4 nitrogen and oxygen atoms in total. The van der Waals surface area contributed by atoms with Gasteiger partial charge in [-0.05, 0) is 42.3 Å². The number of halogens is 1. The van der Waals surface area contributed by atoms with Crippen molar-refractivity contribution in [2.24, 2.45) is 10.8 Å². The van der Waals surface area contributed by atoms with Crippen molar-refractivity contribution in [3.63, 3.8) is 0 Å². The molecule has 0 unspecified atom stereocenters. The quantitative estimate of drug-likeness (QED) is 0.683. The smallest absolute Gasteiger partial charge is 0.176 e. The van der Waals surface area contributed by atoms with E-state index in [1.807, 2.05) is 62.9 Å². The summed E-state index contributed by atoms with van der Waals surface area (Å²) >= 11 is 0. The molecule has 3 atom stereocenters. The molecular formula is C26H24FN3O. The average molecular weight is 413 g/mol. The van der Waals surface area contributed by atoms with Crippen molar-refractivity contribution in [2.45, 2.75) is 45.7 Å². The van der Waals surface area contributed by atoms with Crippen LogP contribution in [0.4, 0.5) is 10.1 Å².